The molecular formula is C13H22N2O. The zero-order valence-electron chi connectivity index (χ0n) is 10.8. The molecule has 0 saturated heterocycles. The highest BCUT2D eigenvalue weighted by Gasteiger charge is 2.07. The topological polar surface area (TPSA) is 25.2 Å². The quantitative estimate of drug-likeness (QED) is 0.545. The van der Waals surface area contributed by atoms with Gasteiger partial charge in [0, 0.05) is 23.5 Å². The SMILES string of the molecule is Cc1cc(C=O)c(C)n1CCCCN(C)C. The molecular weight excluding hydrogens is 200 g/mol. The predicted molar refractivity (Wildman–Crippen MR) is 67.1 cm³/mol. The number of unbranched alkanes of at least 4 members (excludes halogenated alkanes) is 1. The maximum absolute atomic E-state index is 10.8. The highest BCUT2D eigenvalue weighted by Crippen LogP contribution is 2.14. The van der Waals surface area contributed by atoms with E-state index >= 15 is 0 Å². The molecule has 1 rings (SSSR count). The van der Waals surface area contributed by atoms with E-state index in [2.05, 4.69) is 30.5 Å². The van der Waals surface area contributed by atoms with E-state index in [4.69, 9.17) is 0 Å². The van der Waals surface area contributed by atoms with Gasteiger partial charge < -0.3 is 9.47 Å². The van der Waals surface area contributed by atoms with Crippen molar-refractivity contribution in [1.29, 1.82) is 0 Å². The molecule has 0 radical (unpaired) electrons. The molecule has 0 bridgehead atoms. The van der Waals surface area contributed by atoms with Gasteiger partial charge in [-0.05, 0) is 53.4 Å². The third-order valence-corrected chi connectivity index (χ3v) is 2.98. The van der Waals surface area contributed by atoms with Gasteiger partial charge in [0.15, 0.2) is 6.29 Å². The molecule has 0 amide bonds. The van der Waals surface area contributed by atoms with Crippen LogP contribution in [-0.4, -0.2) is 36.4 Å². The molecule has 0 spiro atoms. The number of carbonyl (C=O) groups is 1. The average Bonchev–Trinajstić information content (AvgIpc) is 2.50. The lowest BCUT2D eigenvalue weighted by Gasteiger charge is -2.11. The van der Waals surface area contributed by atoms with Crippen LogP contribution in [0.15, 0.2) is 6.07 Å². The van der Waals surface area contributed by atoms with E-state index in [1.807, 2.05) is 13.0 Å². The Morgan fingerprint density at radius 2 is 2.00 bits per heavy atom. The Kier molecular flexibility index (Phi) is 4.74. The molecule has 3 nitrogen and oxygen atoms in total. The number of hydrogen-bond donors (Lipinski definition) is 0. The fraction of sp³-hybridized carbons (Fsp3) is 0.615. The van der Waals surface area contributed by atoms with Crippen LogP contribution < -0.4 is 0 Å². The maximum atomic E-state index is 10.8. The molecule has 3 heteroatoms. The van der Waals surface area contributed by atoms with Gasteiger partial charge in [-0.25, -0.2) is 0 Å². The van der Waals surface area contributed by atoms with Crippen LogP contribution in [0.5, 0.6) is 0 Å². The summed E-state index contributed by atoms with van der Waals surface area (Å²) >= 11 is 0. The summed E-state index contributed by atoms with van der Waals surface area (Å²) in [7, 11) is 4.19. The van der Waals surface area contributed by atoms with E-state index < -0.39 is 0 Å². The summed E-state index contributed by atoms with van der Waals surface area (Å²) in [6, 6.07) is 1.97. The Balaban J connectivity index is 2.53. The number of nitrogens with zero attached hydrogens (tertiary/aromatic N) is 2. The van der Waals surface area contributed by atoms with Crippen LogP contribution in [0, 0.1) is 13.8 Å². The van der Waals surface area contributed by atoms with Crippen molar-refractivity contribution in [3.63, 3.8) is 0 Å². The monoisotopic (exact) mass is 222 g/mol. The molecule has 1 heterocycles. The summed E-state index contributed by atoms with van der Waals surface area (Å²) in [4.78, 5) is 13.0. The molecule has 0 aromatic carbocycles. The Morgan fingerprint density at radius 1 is 1.31 bits per heavy atom. The first-order valence-corrected chi connectivity index (χ1v) is 5.83. The fourth-order valence-corrected chi connectivity index (χ4v) is 1.99. The van der Waals surface area contributed by atoms with Crippen molar-refractivity contribution in [2.24, 2.45) is 0 Å². The molecule has 0 N–H and O–H groups in total. The van der Waals surface area contributed by atoms with E-state index in [-0.39, 0.29) is 0 Å². The minimum absolute atomic E-state index is 0.824. The highest BCUT2D eigenvalue weighted by atomic mass is 16.1. The molecule has 1 aromatic heterocycles. The van der Waals surface area contributed by atoms with Crippen LogP contribution in [0.4, 0.5) is 0 Å². The van der Waals surface area contributed by atoms with Gasteiger partial charge in [-0.3, -0.25) is 4.79 Å². The standard InChI is InChI=1S/C13H22N2O/c1-11-9-13(10-16)12(2)15(11)8-6-5-7-14(3)4/h9-10H,5-8H2,1-4H3. The highest BCUT2D eigenvalue weighted by molar-refractivity contribution is 5.77. The lowest BCUT2D eigenvalue weighted by Crippen LogP contribution is -2.14. The van der Waals surface area contributed by atoms with Crippen LogP contribution in [0.3, 0.4) is 0 Å². The molecule has 0 aliphatic carbocycles. The van der Waals surface area contributed by atoms with Crippen molar-refractivity contribution in [2.75, 3.05) is 20.6 Å². The largest absolute Gasteiger partial charge is 0.348 e. The van der Waals surface area contributed by atoms with Crippen molar-refractivity contribution < 1.29 is 4.79 Å². The van der Waals surface area contributed by atoms with Gasteiger partial charge in [-0.1, -0.05) is 0 Å². The number of aromatic nitrogens is 1. The van der Waals surface area contributed by atoms with Crippen molar-refractivity contribution in [3.8, 4) is 0 Å². The first-order chi connectivity index (χ1) is 7.56. The molecule has 16 heavy (non-hydrogen) atoms. The first-order valence-electron chi connectivity index (χ1n) is 5.83. The second-order valence-corrected chi connectivity index (χ2v) is 4.61. The van der Waals surface area contributed by atoms with Crippen LogP contribution in [0.2, 0.25) is 0 Å². The van der Waals surface area contributed by atoms with Gasteiger partial charge >= 0.3 is 0 Å². The third kappa shape index (κ3) is 3.20. The minimum atomic E-state index is 0.824. The van der Waals surface area contributed by atoms with Crippen molar-refractivity contribution in [3.05, 3.63) is 23.0 Å². The van der Waals surface area contributed by atoms with Gasteiger partial charge in [0.2, 0.25) is 0 Å². The summed E-state index contributed by atoms with van der Waals surface area (Å²) in [5, 5.41) is 0. The van der Waals surface area contributed by atoms with Crippen molar-refractivity contribution in [1.82, 2.24) is 9.47 Å². The van der Waals surface area contributed by atoms with Crippen LogP contribution >= 0.6 is 0 Å². The lowest BCUT2D eigenvalue weighted by atomic mass is 10.2. The van der Waals surface area contributed by atoms with Crippen molar-refractivity contribution >= 4 is 6.29 Å². The lowest BCUT2D eigenvalue weighted by molar-refractivity contribution is 0.112. The zero-order valence-corrected chi connectivity index (χ0v) is 10.8. The van der Waals surface area contributed by atoms with Gasteiger partial charge in [-0.15, -0.1) is 0 Å². The fourth-order valence-electron chi connectivity index (χ4n) is 1.99. The number of aryl methyl sites for hydroxylation is 1. The van der Waals surface area contributed by atoms with Gasteiger partial charge in [-0.2, -0.15) is 0 Å². The first kappa shape index (κ1) is 13.0. The number of carbonyl (C=O) groups excluding carboxylic acids is 1. The van der Waals surface area contributed by atoms with Gasteiger partial charge in [0.1, 0.15) is 0 Å². The van der Waals surface area contributed by atoms with Crippen LogP contribution in [0.25, 0.3) is 0 Å². The summed E-state index contributed by atoms with van der Waals surface area (Å²) in [5.74, 6) is 0. The summed E-state index contributed by atoms with van der Waals surface area (Å²) in [6.45, 7) is 6.22. The zero-order chi connectivity index (χ0) is 12.1. The molecule has 0 unspecified atom stereocenters. The van der Waals surface area contributed by atoms with Crippen LogP contribution in [0.1, 0.15) is 34.6 Å². The summed E-state index contributed by atoms with van der Waals surface area (Å²) in [6.07, 6.45) is 3.30. The average molecular weight is 222 g/mol. The summed E-state index contributed by atoms with van der Waals surface area (Å²) in [5.41, 5.74) is 3.10. The third-order valence-electron chi connectivity index (χ3n) is 2.98. The number of hydrogen-bond acceptors (Lipinski definition) is 2. The minimum Gasteiger partial charge on any atom is -0.348 e. The van der Waals surface area contributed by atoms with E-state index in [1.165, 1.54) is 12.1 Å². The molecule has 90 valence electrons. The number of rotatable bonds is 6. The Hall–Kier alpha value is -1.09. The van der Waals surface area contributed by atoms with Gasteiger partial charge in [0.05, 0.1) is 0 Å². The van der Waals surface area contributed by atoms with Crippen molar-refractivity contribution in [2.45, 2.75) is 33.2 Å². The Morgan fingerprint density at radius 3 is 2.50 bits per heavy atom. The molecule has 0 aliphatic heterocycles. The molecule has 0 fully saturated rings. The van der Waals surface area contributed by atoms with Crippen LogP contribution in [-0.2, 0) is 6.54 Å². The Bertz CT molecular complexity index is 353. The van der Waals surface area contributed by atoms with E-state index in [0.717, 1.165) is 37.1 Å². The normalized spacial score (nSPS) is 11.1. The molecule has 1 aromatic rings. The number of aldehydes is 1. The second-order valence-electron chi connectivity index (χ2n) is 4.61. The maximum Gasteiger partial charge on any atom is 0.151 e. The molecule has 0 saturated carbocycles. The Labute approximate surface area is 98.1 Å². The second kappa shape index (κ2) is 5.85. The summed E-state index contributed by atoms with van der Waals surface area (Å²) < 4.78 is 2.24. The van der Waals surface area contributed by atoms with E-state index in [1.54, 1.807) is 0 Å². The smallest absolute Gasteiger partial charge is 0.151 e. The van der Waals surface area contributed by atoms with E-state index in [0.29, 0.717) is 0 Å². The van der Waals surface area contributed by atoms with E-state index in [9.17, 15) is 4.79 Å². The van der Waals surface area contributed by atoms with Gasteiger partial charge in [0.25, 0.3) is 0 Å². The molecule has 0 aliphatic rings. The predicted octanol–water partition coefficient (Wildman–Crippen LogP) is 2.26. The molecule has 0 atom stereocenters.